The Balaban J connectivity index is 2.12. The van der Waals surface area contributed by atoms with Crippen LogP contribution in [0.5, 0.6) is 11.5 Å². The highest BCUT2D eigenvalue weighted by Gasteiger charge is 2.10. The van der Waals surface area contributed by atoms with E-state index in [1.54, 1.807) is 6.20 Å². The van der Waals surface area contributed by atoms with Crippen LogP contribution in [-0.2, 0) is 0 Å². The van der Waals surface area contributed by atoms with Gasteiger partial charge in [-0.3, -0.25) is 4.98 Å². The molecule has 3 rings (SSSR count). The van der Waals surface area contributed by atoms with Crippen LogP contribution in [0.2, 0.25) is 0 Å². The fraction of sp³-hybridized carbons (Fsp3) is 0.0625. The van der Waals surface area contributed by atoms with Gasteiger partial charge in [0.05, 0.1) is 21.9 Å². The lowest BCUT2D eigenvalue weighted by Gasteiger charge is -2.12. The molecule has 3 nitrogen and oxygen atoms in total. The summed E-state index contributed by atoms with van der Waals surface area (Å²) >= 11 is 3.51. The summed E-state index contributed by atoms with van der Waals surface area (Å²) in [6.07, 6.45) is 1.62. The molecule has 1 aromatic heterocycles. The summed E-state index contributed by atoms with van der Waals surface area (Å²) in [6.45, 7) is 2.03. The number of ether oxygens (including phenoxy) is 1. The summed E-state index contributed by atoms with van der Waals surface area (Å²) in [4.78, 5) is 4.30. The largest absolute Gasteiger partial charge is 0.453 e. The Kier molecular flexibility index (Phi) is 3.32. The van der Waals surface area contributed by atoms with E-state index in [4.69, 9.17) is 10.5 Å². The standard InChI is InChI=1S/C16H13BrN2O/c1-10-6-7-15(12(17)8-10)20-16-11-4-2-3-5-14(11)19-9-13(16)18/h2-9H,18H2,1H3. The zero-order valence-corrected chi connectivity index (χ0v) is 12.5. The van der Waals surface area contributed by atoms with Crippen molar-refractivity contribution >= 4 is 32.5 Å². The van der Waals surface area contributed by atoms with E-state index in [1.807, 2.05) is 49.4 Å². The maximum Gasteiger partial charge on any atom is 0.161 e. The number of benzene rings is 2. The van der Waals surface area contributed by atoms with Crippen LogP contribution >= 0.6 is 15.9 Å². The number of nitrogen functional groups attached to an aromatic ring is 1. The van der Waals surface area contributed by atoms with Crippen LogP contribution in [0.15, 0.2) is 53.1 Å². The molecule has 3 aromatic rings. The molecule has 0 unspecified atom stereocenters. The minimum atomic E-state index is 0.524. The zero-order chi connectivity index (χ0) is 14.1. The molecule has 20 heavy (non-hydrogen) atoms. The smallest absolute Gasteiger partial charge is 0.161 e. The predicted molar refractivity (Wildman–Crippen MR) is 85.1 cm³/mol. The molecule has 0 aliphatic carbocycles. The maximum absolute atomic E-state index is 6.01. The molecule has 4 heteroatoms. The van der Waals surface area contributed by atoms with Gasteiger partial charge in [-0.05, 0) is 52.7 Å². The lowest BCUT2D eigenvalue weighted by Crippen LogP contribution is -1.95. The monoisotopic (exact) mass is 328 g/mol. The van der Waals surface area contributed by atoms with Gasteiger partial charge in [0.2, 0.25) is 0 Å². The van der Waals surface area contributed by atoms with Crippen LogP contribution in [-0.4, -0.2) is 4.98 Å². The number of rotatable bonds is 2. The number of para-hydroxylation sites is 1. The van der Waals surface area contributed by atoms with E-state index in [-0.39, 0.29) is 0 Å². The molecule has 0 spiro atoms. The molecule has 0 bridgehead atoms. The molecule has 1 heterocycles. The van der Waals surface area contributed by atoms with Crippen molar-refractivity contribution in [2.24, 2.45) is 0 Å². The normalized spacial score (nSPS) is 10.7. The van der Waals surface area contributed by atoms with E-state index < -0.39 is 0 Å². The number of hydrogen-bond acceptors (Lipinski definition) is 3. The first-order chi connectivity index (χ1) is 9.65. The number of hydrogen-bond donors (Lipinski definition) is 1. The molecule has 0 saturated heterocycles. The minimum absolute atomic E-state index is 0.524. The highest BCUT2D eigenvalue weighted by atomic mass is 79.9. The predicted octanol–water partition coefficient (Wildman–Crippen LogP) is 4.68. The second-order valence-corrected chi connectivity index (χ2v) is 5.45. The summed E-state index contributed by atoms with van der Waals surface area (Å²) in [5.74, 6) is 1.37. The van der Waals surface area contributed by atoms with E-state index in [2.05, 4.69) is 20.9 Å². The number of pyridine rings is 1. The lowest BCUT2D eigenvalue weighted by molar-refractivity contribution is 0.487. The Morgan fingerprint density at radius 3 is 2.75 bits per heavy atom. The Morgan fingerprint density at radius 2 is 1.95 bits per heavy atom. The third kappa shape index (κ3) is 2.34. The van der Waals surface area contributed by atoms with Gasteiger partial charge in [0.1, 0.15) is 5.75 Å². The topological polar surface area (TPSA) is 48.1 Å². The molecule has 0 aliphatic rings. The van der Waals surface area contributed by atoms with Crippen molar-refractivity contribution in [3.05, 3.63) is 58.7 Å². The van der Waals surface area contributed by atoms with Crippen LogP contribution in [0, 0.1) is 6.92 Å². The van der Waals surface area contributed by atoms with E-state index in [0.717, 1.165) is 26.7 Å². The minimum Gasteiger partial charge on any atom is -0.453 e. The van der Waals surface area contributed by atoms with Crippen molar-refractivity contribution in [1.82, 2.24) is 4.98 Å². The first kappa shape index (κ1) is 12.9. The number of halogens is 1. The summed E-state index contributed by atoms with van der Waals surface area (Å²) in [6, 6.07) is 13.7. The van der Waals surface area contributed by atoms with Crippen LogP contribution < -0.4 is 10.5 Å². The van der Waals surface area contributed by atoms with Gasteiger partial charge in [-0.2, -0.15) is 0 Å². The van der Waals surface area contributed by atoms with Gasteiger partial charge in [-0.25, -0.2) is 0 Å². The first-order valence-electron chi connectivity index (χ1n) is 6.22. The molecule has 2 N–H and O–H groups in total. The molecule has 0 aliphatic heterocycles. The first-order valence-corrected chi connectivity index (χ1v) is 7.01. The van der Waals surface area contributed by atoms with Crippen molar-refractivity contribution < 1.29 is 4.74 Å². The Labute approximate surface area is 125 Å². The quantitative estimate of drug-likeness (QED) is 0.742. The zero-order valence-electron chi connectivity index (χ0n) is 10.9. The van der Waals surface area contributed by atoms with Gasteiger partial charge in [-0.1, -0.05) is 18.2 Å². The Bertz CT molecular complexity index is 787. The number of nitrogens with zero attached hydrogens (tertiary/aromatic N) is 1. The molecular weight excluding hydrogens is 316 g/mol. The summed E-state index contributed by atoms with van der Waals surface area (Å²) in [5.41, 5.74) is 8.56. The molecule has 2 aromatic carbocycles. The molecule has 0 atom stereocenters. The maximum atomic E-state index is 6.01. The van der Waals surface area contributed by atoms with Crippen LogP contribution in [0.4, 0.5) is 5.69 Å². The van der Waals surface area contributed by atoms with Gasteiger partial charge in [0.15, 0.2) is 5.75 Å². The summed E-state index contributed by atoms with van der Waals surface area (Å²) in [7, 11) is 0. The fourth-order valence-corrected chi connectivity index (χ4v) is 2.62. The number of aromatic nitrogens is 1. The second-order valence-electron chi connectivity index (χ2n) is 4.60. The number of aryl methyl sites for hydroxylation is 1. The highest BCUT2D eigenvalue weighted by Crippen LogP contribution is 2.37. The van der Waals surface area contributed by atoms with Crippen molar-refractivity contribution in [2.45, 2.75) is 6.92 Å². The number of anilines is 1. The average molecular weight is 329 g/mol. The number of fused-ring (bicyclic) bond motifs is 1. The van der Waals surface area contributed by atoms with Crippen molar-refractivity contribution in [3.63, 3.8) is 0 Å². The SMILES string of the molecule is Cc1ccc(Oc2c(N)cnc3ccccc23)c(Br)c1. The van der Waals surface area contributed by atoms with E-state index in [0.29, 0.717) is 11.4 Å². The second kappa shape index (κ2) is 5.13. The summed E-state index contributed by atoms with van der Waals surface area (Å²) < 4.78 is 6.90. The van der Waals surface area contributed by atoms with Crippen molar-refractivity contribution in [2.75, 3.05) is 5.73 Å². The third-order valence-corrected chi connectivity index (χ3v) is 3.67. The van der Waals surface area contributed by atoms with Crippen LogP contribution in [0.1, 0.15) is 5.56 Å². The fourth-order valence-electron chi connectivity index (χ4n) is 2.04. The Hall–Kier alpha value is -2.07. The summed E-state index contributed by atoms with van der Waals surface area (Å²) in [5, 5.41) is 0.903. The average Bonchev–Trinajstić information content (AvgIpc) is 2.44. The van der Waals surface area contributed by atoms with E-state index >= 15 is 0 Å². The van der Waals surface area contributed by atoms with Crippen molar-refractivity contribution in [3.8, 4) is 11.5 Å². The lowest BCUT2D eigenvalue weighted by atomic mass is 10.2. The molecule has 0 amide bonds. The molecule has 100 valence electrons. The highest BCUT2D eigenvalue weighted by molar-refractivity contribution is 9.10. The van der Waals surface area contributed by atoms with Crippen LogP contribution in [0.3, 0.4) is 0 Å². The van der Waals surface area contributed by atoms with Gasteiger partial charge in [-0.15, -0.1) is 0 Å². The van der Waals surface area contributed by atoms with Gasteiger partial charge >= 0.3 is 0 Å². The van der Waals surface area contributed by atoms with E-state index in [1.165, 1.54) is 0 Å². The van der Waals surface area contributed by atoms with Gasteiger partial charge in [0.25, 0.3) is 0 Å². The van der Waals surface area contributed by atoms with Crippen LogP contribution in [0.25, 0.3) is 10.9 Å². The third-order valence-electron chi connectivity index (χ3n) is 3.05. The Morgan fingerprint density at radius 1 is 1.15 bits per heavy atom. The molecule has 0 fully saturated rings. The van der Waals surface area contributed by atoms with Gasteiger partial charge in [0, 0.05) is 5.39 Å². The molecule has 0 radical (unpaired) electrons. The van der Waals surface area contributed by atoms with E-state index in [9.17, 15) is 0 Å². The molecule has 0 saturated carbocycles. The number of nitrogens with two attached hydrogens (primary N) is 1. The van der Waals surface area contributed by atoms with Gasteiger partial charge < -0.3 is 10.5 Å². The molecular formula is C16H13BrN2O. The van der Waals surface area contributed by atoms with Crippen molar-refractivity contribution in [1.29, 1.82) is 0 Å².